The summed E-state index contributed by atoms with van der Waals surface area (Å²) in [6, 6.07) is 11.7. The molecule has 2 heterocycles. The van der Waals surface area contributed by atoms with Gasteiger partial charge in [-0.05, 0) is 31.2 Å². The average molecular weight is 252 g/mol. The van der Waals surface area contributed by atoms with E-state index in [1.807, 2.05) is 49.2 Å². The lowest BCUT2D eigenvalue weighted by molar-refractivity contribution is 0.835. The first kappa shape index (κ1) is 13.0. The minimum atomic E-state index is 0.606. The number of anilines is 1. The van der Waals surface area contributed by atoms with Gasteiger partial charge in [-0.15, -0.1) is 0 Å². The van der Waals surface area contributed by atoms with Gasteiger partial charge in [0.05, 0.1) is 5.56 Å². The Hall–Kier alpha value is -2.41. The predicted molar refractivity (Wildman–Crippen MR) is 74.9 cm³/mol. The zero-order valence-corrected chi connectivity index (χ0v) is 11.2. The molecule has 0 fully saturated rings. The second-order valence-corrected chi connectivity index (χ2v) is 4.43. The van der Waals surface area contributed by atoms with Crippen molar-refractivity contribution < 1.29 is 0 Å². The number of pyridine rings is 2. The number of rotatable bonds is 4. The lowest BCUT2D eigenvalue weighted by Gasteiger charge is -2.19. The van der Waals surface area contributed by atoms with Gasteiger partial charge in [0.15, 0.2) is 0 Å². The summed E-state index contributed by atoms with van der Waals surface area (Å²) in [7, 11) is 1.95. The van der Waals surface area contributed by atoms with E-state index in [0.717, 1.165) is 30.2 Å². The van der Waals surface area contributed by atoms with E-state index in [-0.39, 0.29) is 0 Å². The summed E-state index contributed by atoms with van der Waals surface area (Å²) in [6.45, 7) is 2.71. The van der Waals surface area contributed by atoms with Crippen LogP contribution in [0.3, 0.4) is 0 Å². The summed E-state index contributed by atoms with van der Waals surface area (Å²) in [6.07, 6.45) is 2.62. The van der Waals surface area contributed by atoms with Crippen molar-refractivity contribution >= 4 is 5.82 Å². The van der Waals surface area contributed by atoms with Crippen molar-refractivity contribution in [2.24, 2.45) is 0 Å². The van der Waals surface area contributed by atoms with Crippen molar-refractivity contribution in [1.82, 2.24) is 9.97 Å². The fraction of sp³-hybridized carbons (Fsp3) is 0.267. The summed E-state index contributed by atoms with van der Waals surface area (Å²) >= 11 is 0. The highest BCUT2D eigenvalue weighted by Crippen LogP contribution is 2.16. The maximum atomic E-state index is 9.11. The van der Waals surface area contributed by atoms with Crippen molar-refractivity contribution in [1.29, 1.82) is 5.26 Å². The second-order valence-electron chi connectivity index (χ2n) is 4.43. The van der Waals surface area contributed by atoms with Crippen molar-refractivity contribution in [3.8, 4) is 6.07 Å². The molecule has 2 aromatic rings. The molecule has 2 aromatic heterocycles. The number of aryl methyl sites for hydroxylation is 1. The molecule has 0 saturated heterocycles. The Morgan fingerprint density at radius 1 is 1.26 bits per heavy atom. The molecule has 0 atom stereocenters. The first-order valence-corrected chi connectivity index (χ1v) is 6.19. The van der Waals surface area contributed by atoms with E-state index in [2.05, 4.69) is 16.0 Å². The number of hydrogen-bond donors (Lipinski definition) is 0. The third-order valence-corrected chi connectivity index (χ3v) is 2.93. The molecule has 0 aliphatic rings. The van der Waals surface area contributed by atoms with Crippen LogP contribution in [0.25, 0.3) is 0 Å². The van der Waals surface area contributed by atoms with Gasteiger partial charge in [-0.25, -0.2) is 4.98 Å². The monoisotopic (exact) mass is 252 g/mol. The standard InChI is InChI=1S/C15H16N4/c1-12-6-7-13(11-16)15(18-12)19(2)10-8-14-5-3-4-9-17-14/h3-7,9H,8,10H2,1-2H3. The second kappa shape index (κ2) is 5.96. The van der Waals surface area contributed by atoms with Crippen LogP contribution in [0.5, 0.6) is 0 Å². The molecule has 0 aliphatic heterocycles. The van der Waals surface area contributed by atoms with Gasteiger partial charge >= 0.3 is 0 Å². The number of hydrogen-bond acceptors (Lipinski definition) is 4. The molecule has 0 N–H and O–H groups in total. The third-order valence-electron chi connectivity index (χ3n) is 2.93. The molecule has 0 bridgehead atoms. The Morgan fingerprint density at radius 2 is 2.11 bits per heavy atom. The SMILES string of the molecule is Cc1ccc(C#N)c(N(C)CCc2ccccn2)n1. The number of likely N-dealkylation sites (N-methyl/N-ethyl adjacent to an activating group) is 1. The normalized spacial score (nSPS) is 9.95. The van der Waals surface area contributed by atoms with Gasteiger partial charge in [0, 0.05) is 37.6 Å². The fourth-order valence-corrected chi connectivity index (χ4v) is 1.86. The third kappa shape index (κ3) is 3.29. The molecule has 0 saturated carbocycles. The Bertz CT molecular complexity index is 587. The van der Waals surface area contributed by atoms with Gasteiger partial charge in [0.2, 0.25) is 0 Å². The molecule has 0 unspecified atom stereocenters. The highest BCUT2D eigenvalue weighted by atomic mass is 15.2. The van der Waals surface area contributed by atoms with Gasteiger partial charge in [-0.2, -0.15) is 5.26 Å². The Morgan fingerprint density at radius 3 is 2.79 bits per heavy atom. The van der Waals surface area contributed by atoms with Crippen LogP contribution in [0.2, 0.25) is 0 Å². The number of nitrogens with zero attached hydrogens (tertiary/aromatic N) is 4. The summed E-state index contributed by atoms with van der Waals surface area (Å²) in [5.74, 6) is 0.735. The maximum absolute atomic E-state index is 9.11. The quantitative estimate of drug-likeness (QED) is 0.838. The van der Waals surface area contributed by atoms with Crippen LogP contribution in [-0.4, -0.2) is 23.6 Å². The van der Waals surface area contributed by atoms with Gasteiger partial charge in [0.25, 0.3) is 0 Å². The van der Waals surface area contributed by atoms with E-state index in [1.165, 1.54) is 0 Å². The Kier molecular flexibility index (Phi) is 4.09. The zero-order valence-electron chi connectivity index (χ0n) is 11.2. The average Bonchev–Trinajstić information content (AvgIpc) is 2.46. The topological polar surface area (TPSA) is 52.8 Å². The van der Waals surface area contributed by atoms with E-state index in [1.54, 1.807) is 6.20 Å². The van der Waals surface area contributed by atoms with Crippen LogP contribution in [0.1, 0.15) is 17.0 Å². The summed E-state index contributed by atoms with van der Waals surface area (Å²) in [5.41, 5.74) is 2.56. The molecule has 96 valence electrons. The molecule has 2 rings (SSSR count). The lowest BCUT2D eigenvalue weighted by atomic mass is 10.2. The Labute approximate surface area is 113 Å². The van der Waals surface area contributed by atoms with Gasteiger partial charge in [0.1, 0.15) is 11.9 Å². The lowest BCUT2D eigenvalue weighted by Crippen LogP contribution is -2.23. The highest BCUT2D eigenvalue weighted by molar-refractivity contribution is 5.53. The molecular formula is C15H16N4. The largest absolute Gasteiger partial charge is 0.358 e. The van der Waals surface area contributed by atoms with Crippen LogP contribution in [0.15, 0.2) is 36.5 Å². The zero-order chi connectivity index (χ0) is 13.7. The maximum Gasteiger partial charge on any atom is 0.146 e. The molecule has 4 heteroatoms. The van der Waals surface area contributed by atoms with E-state index in [4.69, 9.17) is 5.26 Å². The van der Waals surface area contributed by atoms with Crippen LogP contribution < -0.4 is 4.90 Å². The summed E-state index contributed by atoms with van der Waals surface area (Å²) in [4.78, 5) is 10.7. The minimum Gasteiger partial charge on any atom is -0.358 e. The molecule has 19 heavy (non-hydrogen) atoms. The van der Waals surface area contributed by atoms with E-state index >= 15 is 0 Å². The number of nitriles is 1. The van der Waals surface area contributed by atoms with Gasteiger partial charge in [-0.3, -0.25) is 4.98 Å². The molecule has 0 amide bonds. The molecule has 0 aliphatic carbocycles. The number of aromatic nitrogens is 2. The smallest absolute Gasteiger partial charge is 0.146 e. The van der Waals surface area contributed by atoms with Gasteiger partial charge in [-0.1, -0.05) is 6.07 Å². The molecular weight excluding hydrogens is 236 g/mol. The summed E-state index contributed by atoms with van der Waals surface area (Å²) in [5, 5.41) is 9.11. The molecule has 4 nitrogen and oxygen atoms in total. The van der Waals surface area contributed by atoms with Crippen LogP contribution >= 0.6 is 0 Å². The van der Waals surface area contributed by atoms with Crippen LogP contribution in [0, 0.1) is 18.3 Å². The first-order chi connectivity index (χ1) is 9.20. The predicted octanol–water partition coefficient (Wildman–Crippen LogP) is 2.34. The minimum absolute atomic E-state index is 0.606. The van der Waals surface area contributed by atoms with Gasteiger partial charge < -0.3 is 4.90 Å². The van der Waals surface area contributed by atoms with Crippen molar-refractivity contribution in [2.75, 3.05) is 18.5 Å². The molecule has 0 spiro atoms. The van der Waals surface area contributed by atoms with Crippen LogP contribution in [0.4, 0.5) is 5.82 Å². The molecule has 0 aromatic carbocycles. The summed E-state index contributed by atoms with van der Waals surface area (Å²) < 4.78 is 0. The molecule has 0 radical (unpaired) electrons. The van der Waals surface area contributed by atoms with Crippen molar-refractivity contribution in [2.45, 2.75) is 13.3 Å². The van der Waals surface area contributed by atoms with E-state index in [0.29, 0.717) is 5.56 Å². The van der Waals surface area contributed by atoms with Crippen LogP contribution in [-0.2, 0) is 6.42 Å². The van der Waals surface area contributed by atoms with E-state index in [9.17, 15) is 0 Å². The highest BCUT2D eigenvalue weighted by Gasteiger charge is 2.09. The van der Waals surface area contributed by atoms with Crippen molar-refractivity contribution in [3.63, 3.8) is 0 Å². The van der Waals surface area contributed by atoms with Crippen molar-refractivity contribution in [3.05, 3.63) is 53.5 Å². The van der Waals surface area contributed by atoms with E-state index < -0.39 is 0 Å². The fourth-order valence-electron chi connectivity index (χ4n) is 1.86. The Balaban J connectivity index is 2.10. The first-order valence-electron chi connectivity index (χ1n) is 6.19.